The summed E-state index contributed by atoms with van der Waals surface area (Å²) in [6, 6.07) is 55.9. The zero-order chi connectivity index (χ0) is 60.9. The minimum Gasteiger partial charge on any atom is -0.314 e. The van der Waals surface area contributed by atoms with E-state index in [4.69, 9.17) is 29.9 Å². The van der Waals surface area contributed by atoms with E-state index in [0.717, 1.165) is 45.4 Å². The lowest BCUT2D eigenvalue weighted by Crippen LogP contribution is -2.54. The molecule has 8 nitrogen and oxygen atoms in total. The quantitative estimate of drug-likeness (QED) is 0.141. The number of hydrogen-bond donors (Lipinski definition) is 0. The van der Waals surface area contributed by atoms with Gasteiger partial charge in [0, 0.05) is 72.4 Å². The van der Waals surface area contributed by atoms with Crippen LogP contribution in [0.2, 0.25) is 0 Å². The Balaban J connectivity index is 0.990. The fourth-order valence-corrected chi connectivity index (χ4v) is 14.0. The van der Waals surface area contributed by atoms with Gasteiger partial charge in [-0.15, -0.1) is 0 Å². The molecular weight excluding hydrogens is 1060 g/mol. The van der Waals surface area contributed by atoms with E-state index in [0.29, 0.717) is 35.5 Å². The molecule has 0 spiro atoms. The van der Waals surface area contributed by atoms with Gasteiger partial charge < -0.3 is 9.13 Å². The summed E-state index contributed by atoms with van der Waals surface area (Å²) in [7, 11) is 0. The fourth-order valence-electron chi connectivity index (χ4n) is 14.0. The molecule has 0 N–H and O–H groups in total. The number of rotatable bonds is 8. The molecule has 0 amide bonds. The standard InChI is InChI=1S/C78H77BN8/c1-16-21-54-59(17-2)86-61-24-20-25-62-65(61)79(57-43-42-56(63(54)66(57)86)72-82-68(46-26-34-50(35-27-46)74(3,4)5)80-69(83-72)47-28-36-51(37-29-47)75(6,7)8)58-44-45-78(15,64-55-22-18-19-23-60(55)87(62)67(58)64)73-84-70(48-30-38-52(39-31-48)76(9,10)11)81-71(85-73)49-32-40-53(41-33-49)77(12,13)14/h16,18-44H,17,45H2,1-15H3/b21-16-. The third-order valence-electron chi connectivity index (χ3n) is 18.9. The van der Waals surface area contributed by atoms with Crippen molar-refractivity contribution in [3.63, 3.8) is 0 Å². The Labute approximate surface area is 513 Å². The summed E-state index contributed by atoms with van der Waals surface area (Å²) < 4.78 is 5.15. The minimum absolute atomic E-state index is 0.000712. The molecule has 2 aliphatic heterocycles. The van der Waals surface area contributed by atoms with Crippen LogP contribution in [0.3, 0.4) is 0 Å². The molecule has 0 saturated carbocycles. The van der Waals surface area contributed by atoms with Gasteiger partial charge >= 0.3 is 0 Å². The van der Waals surface area contributed by atoms with E-state index in [1.807, 2.05) is 0 Å². The summed E-state index contributed by atoms with van der Waals surface area (Å²) in [6.07, 6.45) is 8.53. The average Bonchev–Trinajstić information content (AvgIpc) is 1.60. The van der Waals surface area contributed by atoms with Crippen LogP contribution in [0.5, 0.6) is 0 Å². The number of hydrogen-bond acceptors (Lipinski definition) is 6. The molecule has 1 unspecified atom stereocenters. The van der Waals surface area contributed by atoms with Gasteiger partial charge in [0.15, 0.2) is 29.1 Å². The first-order valence-corrected chi connectivity index (χ1v) is 31.2. The van der Waals surface area contributed by atoms with Gasteiger partial charge in [-0.2, -0.15) is 0 Å². The number of nitrogens with zero attached hydrogens (tertiary/aromatic N) is 8. The molecule has 1 atom stereocenters. The van der Waals surface area contributed by atoms with Crippen molar-refractivity contribution in [1.29, 1.82) is 0 Å². The zero-order valence-electron chi connectivity index (χ0n) is 53.2. The number of fused-ring (bicyclic) bond motifs is 7. The van der Waals surface area contributed by atoms with E-state index in [1.165, 1.54) is 89.0 Å². The first-order chi connectivity index (χ1) is 41.4. The molecule has 0 fully saturated rings. The van der Waals surface area contributed by atoms with Crippen LogP contribution in [-0.2, 0) is 33.5 Å². The summed E-state index contributed by atoms with van der Waals surface area (Å²) in [5, 5.41) is 2.35. The predicted octanol–water partition coefficient (Wildman–Crippen LogP) is 17.6. The molecule has 7 aromatic carbocycles. The summed E-state index contributed by atoms with van der Waals surface area (Å²) in [5.41, 5.74) is 22.8. The van der Waals surface area contributed by atoms with Crippen LogP contribution in [-0.4, -0.2) is 45.8 Å². The van der Waals surface area contributed by atoms with E-state index in [9.17, 15) is 0 Å². The van der Waals surface area contributed by atoms with Crippen LogP contribution < -0.4 is 10.9 Å². The lowest BCUT2D eigenvalue weighted by Gasteiger charge is -2.40. The van der Waals surface area contributed by atoms with Crippen LogP contribution in [0.15, 0.2) is 164 Å². The SMILES string of the molecule is C/C=C\c1c(CC)n2c3c(ccc(-c4nc(-c5ccc(C(C)(C)C)cc5)nc(-c5ccc(C(C)(C)C)cc5)n4)c13)B1C3=CCC(C)(c4nc(-c5ccc(C(C)(C)C)cc5)nc(-c5ccc(C(C)(C)C)cc5)n4)c4c3n(c3ccccc43)-c3cccc-2c31. The highest BCUT2D eigenvalue weighted by atomic mass is 15.1. The third-order valence-corrected chi connectivity index (χ3v) is 18.9. The van der Waals surface area contributed by atoms with Gasteiger partial charge in [-0.1, -0.05) is 242 Å². The smallest absolute Gasteiger partial charge is 0.251 e. The Kier molecular flexibility index (Phi) is 12.8. The highest BCUT2D eigenvalue weighted by molar-refractivity contribution is 7.03. The van der Waals surface area contributed by atoms with Gasteiger partial charge in [-0.3, -0.25) is 0 Å². The van der Waals surface area contributed by atoms with Gasteiger partial charge in [-0.05, 0) is 111 Å². The summed E-state index contributed by atoms with van der Waals surface area (Å²) >= 11 is 0. The van der Waals surface area contributed by atoms with Crippen molar-refractivity contribution in [2.45, 2.75) is 144 Å². The van der Waals surface area contributed by atoms with Crippen molar-refractivity contribution < 1.29 is 0 Å². The molecule has 11 aromatic rings. The average molecular weight is 1140 g/mol. The highest BCUT2D eigenvalue weighted by Gasteiger charge is 2.49. The Morgan fingerprint density at radius 1 is 0.506 bits per heavy atom. The first kappa shape index (κ1) is 56.0. The van der Waals surface area contributed by atoms with Gasteiger partial charge in [0.2, 0.25) is 0 Å². The van der Waals surface area contributed by atoms with Crippen LogP contribution >= 0.6 is 0 Å². The molecule has 432 valence electrons. The van der Waals surface area contributed by atoms with E-state index >= 15 is 0 Å². The first-order valence-electron chi connectivity index (χ1n) is 31.2. The van der Waals surface area contributed by atoms with Crippen LogP contribution in [0.25, 0.3) is 102 Å². The summed E-state index contributed by atoms with van der Waals surface area (Å²) in [4.78, 5) is 32.8. The van der Waals surface area contributed by atoms with E-state index in [2.05, 4.69) is 283 Å². The van der Waals surface area contributed by atoms with Crippen molar-refractivity contribution in [1.82, 2.24) is 39.0 Å². The van der Waals surface area contributed by atoms with Gasteiger partial charge in [-0.25, -0.2) is 29.9 Å². The Morgan fingerprint density at radius 2 is 0.954 bits per heavy atom. The zero-order valence-corrected chi connectivity index (χ0v) is 53.2. The highest BCUT2D eigenvalue weighted by Crippen LogP contribution is 2.52. The maximum Gasteiger partial charge on any atom is 0.251 e. The van der Waals surface area contributed by atoms with Crippen molar-refractivity contribution in [3.8, 4) is 68.3 Å². The molecule has 6 heterocycles. The lowest BCUT2D eigenvalue weighted by atomic mass is 9.32. The third kappa shape index (κ3) is 9.00. The van der Waals surface area contributed by atoms with Gasteiger partial charge in [0.05, 0.1) is 10.9 Å². The Hall–Kier alpha value is -8.82. The minimum atomic E-state index is -0.654. The van der Waals surface area contributed by atoms with Crippen LogP contribution in [0.1, 0.15) is 161 Å². The molecule has 14 rings (SSSR count). The second-order valence-electron chi connectivity index (χ2n) is 28.8. The molecule has 3 aliphatic rings. The van der Waals surface area contributed by atoms with Crippen molar-refractivity contribution in [2.75, 3.05) is 0 Å². The van der Waals surface area contributed by atoms with Gasteiger partial charge in [0.1, 0.15) is 5.82 Å². The van der Waals surface area contributed by atoms with E-state index in [1.54, 1.807) is 0 Å². The van der Waals surface area contributed by atoms with Gasteiger partial charge in [0.25, 0.3) is 6.71 Å². The Bertz CT molecular complexity index is 4510. The summed E-state index contributed by atoms with van der Waals surface area (Å²) in [6.45, 7) is 33.8. The molecule has 87 heavy (non-hydrogen) atoms. The largest absolute Gasteiger partial charge is 0.314 e. The molecular formula is C78H77BN8. The summed E-state index contributed by atoms with van der Waals surface area (Å²) in [5.74, 6) is 4.05. The second-order valence-corrected chi connectivity index (χ2v) is 28.8. The van der Waals surface area contributed by atoms with Crippen molar-refractivity contribution in [2.24, 2.45) is 0 Å². The molecule has 0 saturated heterocycles. The monoisotopic (exact) mass is 1140 g/mol. The molecule has 0 bridgehead atoms. The molecule has 1 aliphatic carbocycles. The maximum absolute atomic E-state index is 5.60. The molecule has 4 aromatic heterocycles. The number of allylic oxidation sites excluding steroid dienone is 2. The lowest BCUT2D eigenvalue weighted by molar-refractivity contribution is 0.534. The maximum atomic E-state index is 5.60. The fraction of sp³-hybridized carbons (Fsp3) is 0.282. The number of aromatic nitrogens is 8. The Morgan fingerprint density at radius 3 is 1.41 bits per heavy atom. The number of para-hydroxylation sites is 1. The molecule has 0 radical (unpaired) electrons. The molecule has 9 heteroatoms. The normalized spacial score (nSPS) is 15.6. The second kappa shape index (κ2) is 19.9. The van der Waals surface area contributed by atoms with Crippen LogP contribution in [0.4, 0.5) is 0 Å². The van der Waals surface area contributed by atoms with Crippen LogP contribution in [0, 0.1) is 0 Å². The van der Waals surface area contributed by atoms with E-state index < -0.39 is 5.41 Å². The van der Waals surface area contributed by atoms with Crippen molar-refractivity contribution >= 4 is 51.0 Å². The topological polar surface area (TPSA) is 87.2 Å². The van der Waals surface area contributed by atoms with E-state index in [-0.39, 0.29) is 28.4 Å². The van der Waals surface area contributed by atoms with Crippen molar-refractivity contribution in [3.05, 3.63) is 214 Å². The predicted molar refractivity (Wildman–Crippen MR) is 363 cm³/mol. The number of benzene rings is 7.